The van der Waals surface area contributed by atoms with E-state index in [1.54, 1.807) is 36.4 Å². The Balaban J connectivity index is 1.40. The third-order valence-corrected chi connectivity index (χ3v) is 4.10. The van der Waals surface area contributed by atoms with Crippen molar-refractivity contribution < 1.29 is 14.3 Å². The van der Waals surface area contributed by atoms with Crippen LogP contribution in [0.1, 0.15) is 15.9 Å². The van der Waals surface area contributed by atoms with Crippen molar-refractivity contribution in [2.75, 3.05) is 18.5 Å². The average molecular weight is 374 g/mol. The molecule has 5 heteroatoms. The Morgan fingerprint density at radius 1 is 0.786 bits per heavy atom. The van der Waals surface area contributed by atoms with Gasteiger partial charge in [-0.3, -0.25) is 9.59 Å². The molecule has 2 N–H and O–H groups in total. The summed E-state index contributed by atoms with van der Waals surface area (Å²) in [5.74, 6) is 0.223. The molecule has 0 unspecified atom stereocenters. The summed E-state index contributed by atoms with van der Waals surface area (Å²) in [6, 6.07) is 25.9. The van der Waals surface area contributed by atoms with Crippen molar-refractivity contribution in [1.29, 1.82) is 0 Å². The molecule has 142 valence electrons. The van der Waals surface area contributed by atoms with Gasteiger partial charge in [0.25, 0.3) is 11.8 Å². The molecule has 0 spiro atoms. The first kappa shape index (κ1) is 19.2. The molecular formula is C23H22N2O3. The standard InChI is InChI=1S/C23H22N2O3/c26-22(24-16-15-18-7-3-1-4-8-18)17-28-21-13-11-20(12-14-21)25-23(27)19-9-5-2-6-10-19/h1-14H,15-17H2,(H,24,26)(H,25,27). The predicted molar refractivity (Wildman–Crippen MR) is 109 cm³/mol. The van der Waals surface area contributed by atoms with Crippen LogP contribution < -0.4 is 15.4 Å². The van der Waals surface area contributed by atoms with Gasteiger partial charge in [0.2, 0.25) is 0 Å². The van der Waals surface area contributed by atoms with Crippen LogP contribution in [0.3, 0.4) is 0 Å². The topological polar surface area (TPSA) is 67.4 Å². The van der Waals surface area contributed by atoms with Crippen molar-refractivity contribution >= 4 is 17.5 Å². The molecule has 0 radical (unpaired) electrons. The zero-order valence-corrected chi connectivity index (χ0v) is 15.4. The number of ether oxygens (including phenoxy) is 1. The summed E-state index contributed by atoms with van der Waals surface area (Å²) in [5, 5.41) is 5.66. The van der Waals surface area contributed by atoms with Gasteiger partial charge in [0.15, 0.2) is 6.61 Å². The number of carbonyl (C=O) groups excluding carboxylic acids is 2. The van der Waals surface area contributed by atoms with Gasteiger partial charge in [-0.25, -0.2) is 0 Å². The summed E-state index contributed by atoms with van der Waals surface area (Å²) in [6.45, 7) is 0.515. The van der Waals surface area contributed by atoms with Gasteiger partial charge in [0.1, 0.15) is 5.75 Å². The fraction of sp³-hybridized carbons (Fsp3) is 0.130. The smallest absolute Gasteiger partial charge is 0.257 e. The van der Waals surface area contributed by atoms with E-state index >= 15 is 0 Å². The normalized spacial score (nSPS) is 10.1. The fourth-order valence-corrected chi connectivity index (χ4v) is 2.62. The summed E-state index contributed by atoms with van der Waals surface area (Å²) < 4.78 is 5.49. The third kappa shape index (κ3) is 5.99. The lowest BCUT2D eigenvalue weighted by molar-refractivity contribution is -0.123. The molecule has 0 saturated carbocycles. The number of carbonyl (C=O) groups is 2. The number of hydrogen-bond donors (Lipinski definition) is 2. The van der Waals surface area contributed by atoms with E-state index in [9.17, 15) is 9.59 Å². The lowest BCUT2D eigenvalue weighted by atomic mass is 10.1. The van der Waals surface area contributed by atoms with Crippen LogP contribution in [0.15, 0.2) is 84.9 Å². The average Bonchev–Trinajstić information content (AvgIpc) is 2.74. The van der Waals surface area contributed by atoms with Gasteiger partial charge in [0, 0.05) is 17.8 Å². The number of hydrogen-bond acceptors (Lipinski definition) is 3. The second-order valence-electron chi connectivity index (χ2n) is 6.22. The fourth-order valence-electron chi connectivity index (χ4n) is 2.62. The van der Waals surface area contributed by atoms with Crippen LogP contribution in [0.25, 0.3) is 0 Å². The first-order valence-corrected chi connectivity index (χ1v) is 9.10. The van der Waals surface area contributed by atoms with Crippen LogP contribution in [0.5, 0.6) is 5.75 Å². The Morgan fingerprint density at radius 3 is 2.11 bits per heavy atom. The predicted octanol–water partition coefficient (Wildman–Crippen LogP) is 3.68. The van der Waals surface area contributed by atoms with Crippen molar-refractivity contribution in [2.24, 2.45) is 0 Å². The van der Waals surface area contributed by atoms with Crippen LogP contribution in [-0.2, 0) is 11.2 Å². The van der Waals surface area contributed by atoms with E-state index in [0.717, 1.165) is 6.42 Å². The molecular weight excluding hydrogens is 352 g/mol. The van der Waals surface area contributed by atoms with E-state index in [1.165, 1.54) is 5.56 Å². The maximum absolute atomic E-state index is 12.1. The van der Waals surface area contributed by atoms with Gasteiger partial charge in [-0.1, -0.05) is 48.5 Å². The molecule has 0 atom stereocenters. The zero-order valence-electron chi connectivity index (χ0n) is 15.4. The minimum atomic E-state index is -0.174. The molecule has 3 aromatic rings. The molecule has 3 aromatic carbocycles. The van der Waals surface area contributed by atoms with Crippen LogP contribution in [0.2, 0.25) is 0 Å². The Bertz CT molecular complexity index is 894. The van der Waals surface area contributed by atoms with E-state index in [1.807, 2.05) is 48.5 Å². The lowest BCUT2D eigenvalue weighted by Gasteiger charge is -2.09. The quantitative estimate of drug-likeness (QED) is 0.632. The molecule has 0 aromatic heterocycles. The van der Waals surface area contributed by atoms with Gasteiger partial charge >= 0.3 is 0 Å². The van der Waals surface area contributed by atoms with E-state index in [4.69, 9.17) is 4.74 Å². The maximum atomic E-state index is 12.1. The number of amides is 2. The van der Waals surface area contributed by atoms with Crippen LogP contribution in [0.4, 0.5) is 5.69 Å². The number of rotatable bonds is 8. The SMILES string of the molecule is O=C(COc1ccc(NC(=O)c2ccccc2)cc1)NCCc1ccccc1. The Hall–Kier alpha value is -3.60. The number of benzene rings is 3. The Kier molecular flexibility index (Phi) is 6.79. The molecule has 0 heterocycles. The summed E-state index contributed by atoms with van der Waals surface area (Å²) in [5.41, 5.74) is 2.43. The molecule has 0 bridgehead atoms. The minimum Gasteiger partial charge on any atom is -0.484 e. The van der Waals surface area contributed by atoms with Crippen molar-refractivity contribution in [1.82, 2.24) is 5.32 Å². The molecule has 2 amide bonds. The van der Waals surface area contributed by atoms with Gasteiger partial charge in [-0.05, 0) is 48.4 Å². The maximum Gasteiger partial charge on any atom is 0.257 e. The van der Waals surface area contributed by atoms with E-state index in [0.29, 0.717) is 23.5 Å². The summed E-state index contributed by atoms with van der Waals surface area (Å²) in [6.07, 6.45) is 0.780. The zero-order chi connectivity index (χ0) is 19.6. The third-order valence-electron chi connectivity index (χ3n) is 4.10. The van der Waals surface area contributed by atoms with Crippen molar-refractivity contribution in [3.05, 3.63) is 96.1 Å². The molecule has 0 saturated heterocycles. The highest BCUT2D eigenvalue weighted by molar-refractivity contribution is 6.04. The number of anilines is 1. The first-order chi connectivity index (χ1) is 13.7. The Morgan fingerprint density at radius 2 is 1.43 bits per heavy atom. The molecule has 0 aliphatic heterocycles. The minimum absolute atomic E-state index is 0.0511. The highest BCUT2D eigenvalue weighted by atomic mass is 16.5. The number of nitrogens with one attached hydrogen (secondary N) is 2. The van der Waals surface area contributed by atoms with E-state index in [2.05, 4.69) is 10.6 Å². The molecule has 5 nitrogen and oxygen atoms in total. The van der Waals surface area contributed by atoms with Gasteiger partial charge < -0.3 is 15.4 Å². The van der Waals surface area contributed by atoms with Crippen molar-refractivity contribution in [3.63, 3.8) is 0 Å². The molecule has 0 fully saturated rings. The Labute approximate surface area is 164 Å². The molecule has 0 aliphatic carbocycles. The van der Waals surface area contributed by atoms with Crippen LogP contribution >= 0.6 is 0 Å². The second-order valence-corrected chi connectivity index (χ2v) is 6.22. The van der Waals surface area contributed by atoms with Gasteiger partial charge in [-0.2, -0.15) is 0 Å². The van der Waals surface area contributed by atoms with Gasteiger partial charge in [-0.15, -0.1) is 0 Å². The lowest BCUT2D eigenvalue weighted by Crippen LogP contribution is -2.30. The summed E-state index contributed by atoms with van der Waals surface area (Å²) in [4.78, 5) is 24.0. The highest BCUT2D eigenvalue weighted by Crippen LogP contribution is 2.16. The van der Waals surface area contributed by atoms with E-state index < -0.39 is 0 Å². The highest BCUT2D eigenvalue weighted by Gasteiger charge is 2.06. The van der Waals surface area contributed by atoms with Crippen LogP contribution in [-0.4, -0.2) is 25.0 Å². The monoisotopic (exact) mass is 374 g/mol. The summed E-state index contributed by atoms with van der Waals surface area (Å²) in [7, 11) is 0. The summed E-state index contributed by atoms with van der Waals surface area (Å²) >= 11 is 0. The van der Waals surface area contributed by atoms with Gasteiger partial charge in [0.05, 0.1) is 0 Å². The van der Waals surface area contributed by atoms with Crippen molar-refractivity contribution in [3.8, 4) is 5.75 Å². The van der Waals surface area contributed by atoms with Crippen LogP contribution in [0, 0.1) is 0 Å². The first-order valence-electron chi connectivity index (χ1n) is 9.10. The van der Waals surface area contributed by atoms with Crippen molar-refractivity contribution in [2.45, 2.75) is 6.42 Å². The molecule has 0 aliphatic rings. The molecule has 3 rings (SSSR count). The largest absolute Gasteiger partial charge is 0.484 e. The second kappa shape index (κ2) is 9.92. The molecule has 28 heavy (non-hydrogen) atoms. The van der Waals surface area contributed by atoms with E-state index in [-0.39, 0.29) is 18.4 Å².